The number of pyridine rings is 2. The third kappa shape index (κ3) is 3.90. The highest BCUT2D eigenvalue weighted by Crippen LogP contribution is 2.39. The average Bonchev–Trinajstić information content (AvgIpc) is 3.40. The first-order valence-electron chi connectivity index (χ1n) is 11.9. The van der Waals surface area contributed by atoms with Crippen molar-refractivity contribution < 1.29 is 9.53 Å². The van der Waals surface area contributed by atoms with Gasteiger partial charge < -0.3 is 15.4 Å². The standard InChI is InChI=1S/C24H29N7O2/c1-14-10-22(30-29-14)27-21-13-19-18(6-3-8-25-19)23(28-21)26-15-11-16-4-2-5-17(12-15)31(16)20-7-9-33-24(20)32/h3,6,8,10,13,15-17,20H,2,4-5,7,9,11-12H2,1H3,(H3,26,27,28,29,30)/t15?,16-,17+,20-/m1/s1. The first-order chi connectivity index (χ1) is 16.1. The Bertz CT molecular complexity index is 1160. The molecule has 0 saturated carbocycles. The van der Waals surface area contributed by atoms with Gasteiger partial charge in [0.1, 0.15) is 17.7 Å². The van der Waals surface area contributed by atoms with Crippen molar-refractivity contribution in [2.75, 3.05) is 17.2 Å². The number of anilines is 3. The number of esters is 1. The number of nitrogens with one attached hydrogen (secondary N) is 3. The lowest BCUT2D eigenvalue weighted by Crippen LogP contribution is -2.59. The molecule has 0 aromatic carbocycles. The van der Waals surface area contributed by atoms with Crippen LogP contribution in [-0.4, -0.2) is 61.8 Å². The topological polar surface area (TPSA) is 108 Å². The lowest BCUT2D eigenvalue weighted by atomic mass is 9.80. The summed E-state index contributed by atoms with van der Waals surface area (Å²) in [7, 11) is 0. The maximum atomic E-state index is 12.3. The smallest absolute Gasteiger partial charge is 0.323 e. The zero-order valence-electron chi connectivity index (χ0n) is 18.8. The summed E-state index contributed by atoms with van der Waals surface area (Å²) in [5.74, 6) is 2.24. The highest BCUT2D eigenvalue weighted by molar-refractivity contribution is 5.91. The lowest BCUT2D eigenvalue weighted by Gasteiger charge is -2.50. The number of hydrogen-bond donors (Lipinski definition) is 3. The third-order valence-electron chi connectivity index (χ3n) is 7.20. The van der Waals surface area contributed by atoms with Crippen molar-refractivity contribution in [3.63, 3.8) is 0 Å². The van der Waals surface area contributed by atoms with E-state index in [4.69, 9.17) is 9.72 Å². The number of H-pyrrole nitrogens is 1. The van der Waals surface area contributed by atoms with E-state index in [1.54, 1.807) is 6.20 Å². The number of aryl methyl sites for hydroxylation is 1. The van der Waals surface area contributed by atoms with E-state index in [0.717, 1.165) is 60.3 Å². The van der Waals surface area contributed by atoms with E-state index in [-0.39, 0.29) is 12.0 Å². The molecule has 33 heavy (non-hydrogen) atoms. The van der Waals surface area contributed by atoms with Gasteiger partial charge in [-0.15, -0.1) is 0 Å². The van der Waals surface area contributed by atoms with Crippen molar-refractivity contribution in [1.29, 1.82) is 0 Å². The van der Waals surface area contributed by atoms with E-state index < -0.39 is 0 Å². The molecule has 3 N–H and O–H groups in total. The van der Waals surface area contributed by atoms with Crippen LogP contribution < -0.4 is 10.6 Å². The molecule has 6 heterocycles. The second kappa shape index (κ2) is 8.30. The summed E-state index contributed by atoms with van der Waals surface area (Å²) in [5.41, 5.74) is 1.87. The molecule has 0 spiro atoms. The molecule has 6 rings (SSSR count). The van der Waals surface area contributed by atoms with Crippen LogP contribution in [0.15, 0.2) is 30.5 Å². The van der Waals surface area contributed by atoms with Crippen molar-refractivity contribution >= 4 is 34.3 Å². The van der Waals surface area contributed by atoms with Crippen LogP contribution in [0, 0.1) is 6.92 Å². The summed E-state index contributed by atoms with van der Waals surface area (Å²) in [6.45, 7) is 2.52. The lowest BCUT2D eigenvalue weighted by molar-refractivity contribution is -0.145. The summed E-state index contributed by atoms with van der Waals surface area (Å²) >= 11 is 0. The molecular formula is C24H29N7O2. The van der Waals surface area contributed by atoms with Crippen molar-refractivity contribution in [2.24, 2.45) is 0 Å². The van der Waals surface area contributed by atoms with E-state index in [0.29, 0.717) is 30.6 Å². The number of aromatic amines is 1. The van der Waals surface area contributed by atoms with Crippen molar-refractivity contribution in [3.8, 4) is 0 Å². The number of fused-ring (bicyclic) bond motifs is 3. The van der Waals surface area contributed by atoms with Gasteiger partial charge in [0.25, 0.3) is 0 Å². The molecule has 3 fully saturated rings. The monoisotopic (exact) mass is 447 g/mol. The average molecular weight is 448 g/mol. The van der Waals surface area contributed by atoms with E-state index in [1.807, 2.05) is 25.1 Å². The number of hydrogen-bond acceptors (Lipinski definition) is 8. The predicted molar refractivity (Wildman–Crippen MR) is 125 cm³/mol. The predicted octanol–water partition coefficient (Wildman–Crippen LogP) is 3.52. The van der Waals surface area contributed by atoms with Gasteiger partial charge in [-0.25, -0.2) is 4.98 Å². The Morgan fingerprint density at radius 2 is 2.00 bits per heavy atom. The van der Waals surface area contributed by atoms with Gasteiger partial charge in [-0.05, 0) is 44.7 Å². The molecule has 3 aliphatic rings. The molecule has 3 aliphatic heterocycles. The van der Waals surface area contributed by atoms with Crippen LogP contribution in [0.5, 0.6) is 0 Å². The highest BCUT2D eigenvalue weighted by Gasteiger charge is 2.46. The number of cyclic esters (lactones) is 1. The van der Waals surface area contributed by atoms with Crippen molar-refractivity contribution in [3.05, 3.63) is 36.2 Å². The fourth-order valence-electron chi connectivity index (χ4n) is 5.86. The molecule has 172 valence electrons. The van der Waals surface area contributed by atoms with Gasteiger partial charge in [0.05, 0.1) is 12.1 Å². The summed E-state index contributed by atoms with van der Waals surface area (Å²) < 4.78 is 5.29. The van der Waals surface area contributed by atoms with Gasteiger partial charge in [-0.1, -0.05) is 6.42 Å². The summed E-state index contributed by atoms with van der Waals surface area (Å²) in [4.78, 5) is 24.2. The molecule has 0 radical (unpaired) electrons. The van der Waals surface area contributed by atoms with E-state index in [1.165, 1.54) is 6.42 Å². The van der Waals surface area contributed by atoms with Gasteiger partial charge in [-0.2, -0.15) is 5.10 Å². The molecule has 0 amide bonds. The van der Waals surface area contributed by atoms with Gasteiger partial charge in [0.15, 0.2) is 5.82 Å². The molecule has 3 aromatic heterocycles. The maximum absolute atomic E-state index is 12.3. The molecule has 2 bridgehead atoms. The van der Waals surface area contributed by atoms with Crippen molar-refractivity contribution in [1.82, 2.24) is 25.1 Å². The second-order valence-corrected chi connectivity index (χ2v) is 9.46. The van der Waals surface area contributed by atoms with Crippen LogP contribution in [0.4, 0.5) is 17.5 Å². The molecule has 3 aromatic rings. The van der Waals surface area contributed by atoms with E-state index in [2.05, 4.69) is 36.8 Å². The normalized spacial score (nSPS) is 27.5. The minimum Gasteiger partial charge on any atom is -0.464 e. The molecule has 3 saturated heterocycles. The van der Waals surface area contributed by atoms with Crippen molar-refractivity contribution in [2.45, 2.75) is 69.6 Å². The fraction of sp³-hybridized carbons (Fsp3) is 0.500. The minimum atomic E-state index is -0.0609. The molecule has 9 nitrogen and oxygen atoms in total. The van der Waals surface area contributed by atoms with Crippen LogP contribution in [0.25, 0.3) is 10.9 Å². The fourth-order valence-corrected chi connectivity index (χ4v) is 5.86. The Kier molecular flexibility index (Phi) is 5.13. The molecule has 0 aliphatic carbocycles. The van der Waals surface area contributed by atoms with Crippen LogP contribution in [0.3, 0.4) is 0 Å². The zero-order chi connectivity index (χ0) is 22.4. The van der Waals surface area contributed by atoms with Gasteiger partial charge >= 0.3 is 5.97 Å². The van der Waals surface area contributed by atoms with Gasteiger partial charge in [0, 0.05) is 54.0 Å². The van der Waals surface area contributed by atoms with Crippen LogP contribution in [-0.2, 0) is 9.53 Å². The number of piperidine rings is 2. The molecule has 4 atom stereocenters. The number of ether oxygens (including phenoxy) is 1. The number of carbonyl (C=O) groups excluding carboxylic acids is 1. The van der Waals surface area contributed by atoms with E-state index in [9.17, 15) is 4.79 Å². The van der Waals surface area contributed by atoms with E-state index >= 15 is 0 Å². The number of rotatable bonds is 5. The summed E-state index contributed by atoms with van der Waals surface area (Å²) in [6.07, 6.45) is 8.12. The second-order valence-electron chi connectivity index (χ2n) is 9.46. The highest BCUT2D eigenvalue weighted by atomic mass is 16.5. The summed E-state index contributed by atoms with van der Waals surface area (Å²) in [5, 5.41) is 15.3. The molecular weight excluding hydrogens is 418 g/mol. The largest absolute Gasteiger partial charge is 0.464 e. The Balaban J connectivity index is 1.26. The minimum absolute atomic E-state index is 0.0376. The van der Waals surface area contributed by atoms with Crippen LogP contribution in [0.2, 0.25) is 0 Å². The van der Waals surface area contributed by atoms with Crippen LogP contribution >= 0.6 is 0 Å². The number of carbonyl (C=O) groups is 1. The molecule has 1 unspecified atom stereocenters. The first-order valence-corrected chi connectivity index (χ1v) is 11.9. The SMILES string of the molecule is Cc1cc(Nc2cc3ncccc3c(NC3C[C@H]4CCC[C@@H](C3)N4[C@@H]3CCOC3=O)n2)n[nH]1. The Hall–Kier alpha value is -3.20. The Morgan fingerprint density at radius 1 is 1.15 bits per heavy atom. The van der Waals surface area contributed by atoms with Gasteiger partial charge in [0.2, 0.25) is 0 Å². The van der Waals surface area contributed by atoms with Gasteiger partial charge in [-0.3, -0.25) is 19.8 Å². The zero-order valence-corrected chi connectivity index (χ0v) is 18.8. The third-order valence-corrected chi connectivity index (χ3v) is 7.20. The Labute approximate surface area is 192 Å². The summed E-state index contributed by atoms with van der Waals surface area (Å²) in [6, 6.07) is 8.96. The Morgan fingerprint density at radius 3 is 2.73 bits per heavy atom. The quantitative estimate of drug-likeness (QED) is 0.510. The first kappa shape index (κ1) is 20.4. The molecule has 9 heteroatoms. The number of aromatic nitrogens is 4. The van der Waals surface area contributed by atoms with Crippen LogP contribution in [0.1, 0.15) is 44.2 Å². The number of nitrogens with zero attached hydrogens (tertiary/aromatic N) is 4. The maximum Gasteiger partial charge on any atom is 0.323 e.